The molecule has 0 N–H and O–H groups in total. The normalized spacial score (nSPS) is 21.9. The molecular weight excluding hydrogens is 174 g/mol. The van der Waals surface area contributed by atoms with Crippen molar-refractivity contribution in [2.75, 3.05) is 13.1 Å². The number of nitrogens with zero attached hydrogens (tertiary/aromatic N) is 1. The van der Waals surface area contributed by atoms with Crippen LogP contribution in [0, 0.1) is 5.92 Å². The largest absolute Gasteiger partial charge is 0.342 e. The Bertz CT molecular complexity index is 255. The number of likely N-dealkylation sites (tertiary alicyclic amines) is 1. The first-order valence-electron chi connectivity index (χ1n) is 4.98. The highest BCUT2D eigenvalue weighted by Gasteiger charge is 2.28. The van der Waals surface area contributed by atoms with Crippen LogP contribution in [0.3, 0.4) is 0 Å². The second-order valence-corrected chi connectivity index (χ2v) is 3.41. The van der Waals surface area contributed by atoms with Gasteiger partial charge in [-0.25, -0.2) is 0 Å². The van der Waals surface area contributed by atoms with Gasteiger partial charge in [0.15, 0.2) is 0 Å². The van der Waals surface area contributed by atoms with Crippen LogP contribution in [0.2, 0.25) is 0 Å². The van der Waals surface area contributed by atoms with Gasteiger partial charge in [0.1, 0.15) is 0 Å². The Labute approximate surface area is 85.6 Å². The quantitative estimate of drug-likeness (QED) is 0.481. The van der Waals surface area contributed by atoms with E-state index >= 15 is 0 Å². The predicted molar refractivity (Wildman–Crippen MR) is 58.8 cm³/mol. The Morgan fingerprint density at radius 2 is 2.29 bits per heavy atom. The molecule has 0 saturated carbocycles. The molecular formula is C12H17NO. The molecule has 1 aliphatic rings. The molecule has 1 atom stereocenters. The summed E-state index contributed by atoms with van der Waals surface area (Å²) < 4.78 is 0. The van der Waals surface area contributed by atoms with Gasteiger partial charge in [-0.3, -0.25) is 4.79 Å². The average Bonchev–Trinajstić information content (AvgIpc) is 2.55. The van der Waals surface area contributed by atoms with Crippen molar-refractivity contribution in [2.45, 2.75) is 12.8 Å². The molecule has 1 unspecified atom stereocenters. The number of allylic oxidation sites excluding steroid dienone is 2. The highest BCUT2D eigenvalue weighted by atomic mass is 16.2. The van der Waals surface area contributed by atoms with Crippen LogP contribution < -0.4 is 0 Å². The molecule has 1 aliphatic heterocycles. The van der Waals surface area contributed by atoms with Gasteiger partial charge in [0, 0.05) is 13.1 Å². The van der Waals surface area contributed by atoms with Gasteiger partial charge in [-0.2, -0.15) is 0 Å². The van der Waals surface area contributed by atoms with Crippen molar-refractivity contribution < 1.29 is 4.79 Å². The fourth-order valence-electron chi connectivity index (χ4n) is 1.63. The van der Waals surface area contributed by atoms with Gasteiger partial charge in [-0.05, 0) is 12.8 Å². The zero-order chi connectivity index (χ0) is 10.4. The van der Waals surface area contributed by atoms with Crippen molar-refractivity contribution in [3.8, 4) is 0 Å². The van der Waals surface area contributed by atoms with Crippen molar-refractivity contribution >= 4 is 5.91 Å². The van der Waals surface area contributed by atoms with E-state index in [-0.39, 0.29) is 11.8 Å². The lowest BCUT2D eigenvalue weighted by atomic mass is 10.1. The maximum Gasteiger partial charge on any atom is 0.229 e. The Morgan fingerprint density at radius 1 is 1.50 bits per heavy atom. The average molecular weight is 191 g/mol. The van der Waals surface area contributed by atoms with Crippen LogP contribution in [0.15, 0.2) is 37.5 Å². The molecule has 0 radical (unpaired) electrons. The molecule has 0 aromatic carbocycles. The SMILES string of the molecule is C=CC=CCCN1CCC(C=C)C1=O. The summed E-state index contributed by atoms with van der Waals surface area (Å²) in [5.74, 6) is 0.283. The van der Waals surface area contributed by atoms with E-state index < -0.39 is 0 Å². The van der Waals surface area contributed by atoms with Gasteiger partial charge in [0.05, 0.1) is 5.92 Å². The zero-order valence-corrected chi connectivity index (χ0v) is 8.48. The third-order valence-corrected chi connectivity index (χ3v) is 2.46. The summed E-state index contributed by atoms with van der Waals surface area (Å²) >= 11 is 0. The summed E-state index contributed by atoms with van der Waals surface area (Å²) in [5, 5.41) is 0. The topological polar surface area (TPSA) is 20.3 Å². The Morgan fingerprint density at radius 3 is 2.86 bits per heavy atom. The minimum atomic E-state index is 0.0541. The van der Waals surface area contributed by atoms with Crippen LogP contribution in [0.5, 0.6) is 0 Å². The first-order valence-corrected chi connectivity index (χ1v) is 4.98. The smallest absolute Gasteiger partial charge is 0.229 e. The molecule has 2 heteroatoms. The number of hydrogen-bond donors (Lipinski definition) is 0. The van der Waals surface area contributed by atoms with Gasteiger partial charge in [-0.1, -0.05) is 30.9 Å². The number of hydrogen-bond acceptors (Lipinski definition) is 1. The predicted octanol–water partition coefficient (Wildman–Crippen LogP) is 2.15. The number of carbonyl (C=O) groups excluding carboxylic acids is 1. The zero-order valence-electron chi connectivity index (χ0n) is 8.48. The first-order chi connectivity index (χ1) is 6.79. The van der Waals surface area contributed by atoms with Crippen LogP contribution in [-0.2, 0) is 4.79 Å². The number of amides is 1. The van der Waals surface area contributed by atoms with Crippen LogP contribution in [-0.4, -0.2) is 23.9 Å². The number of rotatable bonds is 5. The fraction of sp³-hybridized carbons (Fsp3) is 0.417. The van der Waals surface area contributed by atoms with E-state index in [4.69, 9.17) is 0 Å². The third-order valence-electron chi connectivity index (χ3n) is 2.46. The van der Waals surface area contributed by atoms with E-state index in [2.05, 4.69) is 13.2 Å². The molecule has 0 aliphatic carbocycles. The van der Waals surface area contributed by atoms with Crippen molar-refractivity contribution in [3.05, 3.63) is 37.5 Å². The van der Waals surface area contributed by atoms with E-state index in [1.165, 1.54) is 0 Å². The van der Waals surface area contributed by atoms with Gasteiger partial charge in [0.2, 0.25) is 5.91 Å². The van der Waals surface area contributed by atoms with Crippen molar-refractivity contribution in [2.24, 2.45) is 5.92 Å². The highest BCUT2D eigenvalue weighted by Crippen LogP contribution is 2.18. The van der Waals surface area contributed by atoms with Crippen molar-refractivity contribution in [1.82, 2.24) is 4.90 Å². The minimum Gasteiger partial charge on any atom is -0.342 e. The Kier molecular flexibility index (Phi) is 4.17. The molecule has 0 bridgehead atoms. The van der Waals surface area contributed by atoms with Gasteiger partial charge in [-0.15, -0.1) is 6.58 Å². The standard InChI is InChI=1S/C12H17NO/c1-3-5-6-7-9-13-10-8-11(4-2)12(13)14/h3-6,11H,1-2,7-10H2. The van der Waals surface area contributed by atoms with Crippen LogP contribution in [0.4, 0.5) is 0 Å². The molecule has 76 valence electrons. The molecule has 1 amide bonds. The lowest BCUT2D eigenvalue weighted by Crippen LogP contribution is -2.27. The van der Waals surface area contributed by atoms with Gasteiger partial charge < -0.3 is 4.90 Å². The monoisotopic (exact) mass is 191 g/mol. The number of carbonyl (C=O) groups is 1. The van der Waals surface area contributed by atoms with Crippen LogP contribution in [0.1, 0.15) is 12.8 Å². The van der Waals surface area contributed by atoms with Crippen molar-refractivity contribution in [1.29, 1.82) is 0 Å². The molecule has 2 nitrogen and oxygen atoms in total. The van der Waals surface area contributed by atoms with E-state index in [1.54, 1.807) is 12.2 Å². The maximum atomic E-state index is 11.6. The molecule has 0 spiro atoms. The van der Waals surface area contributed by atoms with Gasteiger partial charge in [0.25, 0.3) is 0 Å². The summed E-state index contributed by atoms with van der Waals surface area (Å²) in [5.41, 5.74) is 0. The molecule has 1 saturated heterocycles. The first kappa shape index (κ1) is 10.8. The van der Waals surface area contributed by atoms with Gasteiger partial charge >= 0.3 is 0 Å². The lowest BCUT2D eigenvalue weighted by molar-refractivity contribution is -0.129. The van der Waals surface area contributed by atoms with Crippen LogP contribution >= 0.6 is 0 Å². The fourth-order valence-corrected chi connectivity index (χ4v) is 1.63. The summed E-state index contributed by atoms with van der Waals surface area (Å²) in [6.45, 7) is 8.94. The molecule has 1 heterocycles. The molecule has 1 fully saturated rings. The molecule has 0 aromatic heterocycles. The summed E-state index contributed by atoms with van der Waals surface area (Å²) in [7, 11) is 0. The van der Waals surface area contributed by atoms with Crippen LogP contribution in [0.25, 0.3) is 0 Å². The second kappa shape index (κ2) is 5.43. The summed E-state index contributed by atoms with van der Waals surface area (Å²) in [4.78, 5) is 13.5. The molecule has 0 aromatic rings. The molecule has 14 heavy (non-hydrogen) atoms. The third kappa shape index (κ3) is 2.59. The van der Waals surface area contributed by atoms with Crippen molar-refractivity contribution in [3.63, 3.8) is 0 Å². The van der Waals surface area contributed by atoms with E-state index in [0.717, 1.165) is 25.9 Å². The Balaban J connectivity index is 2.33. The summed E-state index contributed by atoms with van der Waals surface area (Å²) in [6, 6.07) is 0. The molecule has 1 rings (SSSR count). The lowest BCUT2D eigenvalue weighted by Gasteiger charge is -2.14. The Hall–Kier alpha value is -1.31. The maximum absolute atomic E-state index is 11.6. The summed E-state index contributed by atoms with van der Waals surface area (Å²) in [6.07, 6.45) is 9.27. The highest BCUT2D eigenvalue weighted by molar-refractivity contribution is 5.82. The van der Waals surface area contributed by atoms with E-state index in [1.807, 2.05) is 17.1 Å². The van der Waals surface area contributed by atoms with E-state index in [9.17, 15) is 4.79 Å². The minimum absolute atomic E-state index is 0.0541. The second-order valence-electron chi connectivity index (χ2n) is 3.41. The van der Waals surface area contributed by atoms with E-state index in [0.29, 0.717) is 0 Å².